The molecule has 6 heteroatoms. The fourth-order valence-electron chi connectivity index (χ4n) is 2.04. The molecule has 1 aliphatic heterocycles. The predicted octanol–water partition coefficient (Wildman–Crippen LogP) is 2.03. The lowest BCUT2D eigenvalue weighted by Gasteiger charge is -2.27. The molecule has 0 radical (unpaired) electrons. The van der Waals surface area contributed by atoms with Crippen LogP contribution in [0.25, 0.3) is 0 Å². The number of thioether (sulfide) groups is 1. The molecule has 1 unspecified atom stereocenters. The van der Waals surface area contributed by atoms with Crippen LogP contribution in [-0.2, 0) is 16.2 Å². The van der Waals surface area contributed by atoms with Crippen molar-refractivity contribution in [3.63, 3.8) is 0 Å². The molecule has 0 N–H and O–H groups in total. The Morgan fingerprint density at radius 2 is 2.22 bits per heavy atom. The number of benzene rings is 1. The first-order valence-electron chi connectivity index (χ1n) is 5.65. The Bertz CT molecular complexity index is 509. The van der Waals surface area contributed by atoms with Gasteiger partial charge in [0.2, 0.25) is 0 Å². The number of halogens is 1. The van der Waals surface area contributed by atoms with Gasteiger partial charge in [0.1, 0.15) is 18.5 Å². The van der Waals surface area contributed by atoms with Gasteiger partial charge in [-0.25, -0.2) is 14.1 Å². The summed E-state index contributed by atoms with van der Waals surface area (Å²) in [5.74, 6) is 0.684. The van der Waals surface area contributed by atoms with Crippen molar-refractivity contribution in [2.45, 2.75) is 11.5 Å². The molecule has 2 aromatic rings. The van der Waals surface area contributed by atoms with Gasteiger partial charge in [0.05, 0.1) is 13.2 Å². The van der Waals surface area contributed by atoms with Gasteiger partial charge in [-0.05, 0) is 17.7 Å². The summed E-state index contributed by atoms with van der Waals surface area (Å²) in [5.41, 5.74) is 0.960. The van der Waals surface area contributed by atoms with E-state index in [2.05, 4.69) is 10.1 Å². The van der Waals surface area contributed by atoms with Gasteiger partial charge in [0, 0.05) is 5.75 Å². The molecule has 18 heavy (non-hydrogen) atoms. The van der Waals surface area contributed by atoms with Gasteiger partial charge >= 0.3 is 0 Å². The van der Waals surface area contributed by atoms with E-state index in [1.807, 2.05) is 0 Å². The number of hydrogen-bond donors (Lipinski definition) is 0. The SMILES string of the molecule is Fc1ccc(C2(Cn3cncn3)OCCS2)cc1. The molecular formula is C12H12FN3OS. The van der Waals surface area contributed by atoms with Crippen molar-refractivity contribution in [2.24, 2.45) is 0 Å². The van der Waals surface area contributed by atoms with Crippen LogP contribution < -0.4 is 0 Å². The van der Waals surface area contributed by atoms with Crippen molar-refractivity contribution in [3.8, 4) is 0 Å². The van der Waals surface area contributed by atoms with Crippen LogP contribution in [0.4, 0.5) is 4.39 Å². The summed E-state index contributed by atoms with van der Waals surface area (Å²) in [6, 6.07) is 6.45. The first-order chi connectivity index (χ1) is 8.78. The third kappa shape index (κ3) is 2.13. The van der Waals surface area contributed by atoms with Gasteiger partial charge in [-0.2, -0.15) is 5.10 Å². The fourth-order valence-corrected chi connectivity index (χ4v) is 3.22. The number of hydrogen-bond acceptors (Lipinski definition) is 4. The van der Waals surface area contributed by atoms with Gasteiger partial charge in [0.15, 0.2) is 4.93 Å². The molecule has 1 saturated heterocycles. The Hall–Kier alpha value is -1.40. The van der Waals surface area contributed by atoms with E-state index in [9.17, 15) is 4.39 Å². The summed E-state index contributed by atoms with van der Waals surface area (Å²) in [7, 11) is 0. The van der Waals surface area contributed by atoms with E-state index >= 15 is 0 Å². The highest BCUT2D eigenvalue weighted by molar-refractivity contribution is 8.00. The minimum absolute atomic E-state index is 0.238. The second-order valence-electron chi connectivity index (χ2n) is 4.05. The average molecular weight is 265 g/mol. The summed E-state index contributed by atoms with van der Waals surface area (Å²) in [4.78, 5) is 3.45. The van der Waals surface area contributed by atoms with E-state index < -0.39 is 4.93 Å². The van der Waals surface area contributed by atoms with Crippen molar-refractivity contribution in [1.82, 2.24) is 14.8 Å². The number of aromatic nitrogens is 3. The summed E-state index contributed by atoms with van der Waals surface area (Å²) in [6.45, 7) is 1.26. The zero-order valence-electron chi connectivity index (χ0n) is 9.62. The highest BCUT2D eigenvalue weighted by Crippen LogP contribution is 2.43. The largest absolute Gasteiger partial charge is 0.357 e. The molecular weight excluding hydrogens is 253 g/mol. The molecule has 0 spiro atoms. The molecule has 1 aliphatic rings. The van der Waals surface area contributed by atoms with E-state index in [0.29, 0.717) is 13.2 Å². The molecule has 1 aromatic carbocycles. The van der Waals surface area contributed by atoms with E-state index in [-0.39, 0.29) is 5.82 Å². The maximum atomic E-state index is 13.0. The van der Waals surface area contributed by atoms with Crippen molar-refractivity contribution in [3.05, 3.63) is 48.3 Å². The van der Waals surface area contributed by atoms with E-state index in [1.54, 1.807) is 34.9 Å². The molecule has 94 valence electrons. The summed E-state index contributed by atoms with van der Waals surface area (Å²) in [6.07, 6.45) is 3.16. The minimum atomic E-state index is -0.485. The van der Waals surface area contributed by atoms with Crippen LogP contribution in [0.3, 0.4) is 0 Å². The molecule has 3 rings (SSSR count). The van der Waals surface area contributed by atoms with Crippen molar-refractivity contribution >= 4 is 11.8 Å². The molecule has 0 bridgehead atoms. The summed E-state index contributed by atoms with van der Waals surface area (Å²) >= 11 is 1.71. The van der Waals surface area contributed by atoms with Gasteiger partial charge in [-0.15, -0.1) is 11.8 Å². The first-order valence-corrected chi connectivity index (χ1v) is 6.63. The predicted molar refractivity (Wildman–Crippen MR) is 66.5 cm³/mol. The molecule has 0 aliphatic carbocycles. The molecule has 4 nitrogen and oxygen atoms in total. The summed E-state index contributed by atoms with van der Waals surface area (Å²) in [5, 5.41) is 4.11. The Morgan fingerprint density at radius 3 is 2.83 bits per heavy atom. The molecule has 1 fully saturated rings. The van der Waals surface area contributed by atoms with Gasteiger partial charge in [-0.1, -0.05) is 12.1 Å². The van der Waals surface area contributed by atoms with E-state index in [0.717, 1.165) is 11.3 Å². The minimum Gasteiger partial charge on any atom is -0.357 e. The monoisotopic (exact) mass is 265 g/mol. The van der Waals surface area contributed by atoms with Gasteiger partial charge < -0.3 is 4.74 Å². The van der Waals surface area contributed by atoms with E-state index in [1.165, 1.54) is 18.5 Å². The number of ether oxygens (including phenoxy) is 1. The zero-order valence-corrected chi connectivity index (χ0v) is 10.4. The van der Waals surface area contributed by atoms with Crippen LogP contribution >= 0.6 is 11.8 Å². The summed E-state index contributed by atoms with van der Waals surface area (Å²) < 4.78 is 20.6. The zero-order chi connectivity index (χ0) is 12.4. The van der Waals surface area contributed by atoms with Gasteiger partial charge in [0.25, 0.3) is 0 Å². The van der Waals surface area contributed by atoms with Crippen molar-refractivity contribution in [2.75, 3.05) is 12.4 Å². The van der Waals surface area contributed by atoms with Gasteiger partial charge in [-0.3, -0.25) is 0 Å². The van der Waals surface area contributed by atoms with Crippen molar-refractivity contribution < 1.29 is 9.13 Å². The standard InChI is InChI=1S/C12H12FN3OS/c13-11-3-1-10(2-4-11)12(17-5-6-18-12)7-16-9-14-8-15-16/h1-4,8-9H,5-7H2. The van der Waals surface area contributed by atoms with E-state index in [4.69, 9.17) is 4.74 Å². The molecule has 0 saturated carbocycles. The van der Waals surface area contributed by atoms with Crippen LogP contribution in [0.15, 0.2) is 36.9 Å². The lowest BCUT2D eigenvalue weighted by molar-refractivity contribution is 0.0330. The number of nitrogens with zero attached hydrogens (tertiary/aromatic N) is 3. The fraction of sp³-hybridized carbons (Fsp3) is 0.333. The molecule has 1 atom stereocenters. The second-order valence-corrected chi connectivity index (χ2v) is 5.41. The Balaban J connectivity index is 1.93. The smallest absolute Gasteiger partial charge is 0.158 e. The molecule has 1 aromatic heterocycles. The Kier molecular flexibility index (Phi) is 3.05. The second kappa shape index (κ2) is 4.70. The third-order valence-corrected chi connectivity index (χ3v) is 4.19. The quantitative estimate of drug-likeness (QED) is 0.851. The third-order valence-electron chi connectivity index (χ3n) is 2.87. The van der Waals surface area contributed by atoms with Crippen LogP contribution in [0, 0.1) is 5.82 Å². The lowest BCUT2D eigenvalue weighted by Crippen LogP contribution is -2.28. The topological polar surface area (TPSA) is 39.9 Å². The highest BCUT2D eigenvalue weighted by atomic mass is 32.2. The Labute approximate surface area is 108 Å². The number of rotatable bonds is 3. The highest BCUT2D eigenvalue weighted by Gasteiger charge is 2.38. The normalized spacial score (nSPS) is 23.4. The van der Waals surface area contributed by atoms with Crippen LogP contribution in [0.5, 0.6) is 0 Å². The van der Waals surface area contributed by atoms with Crippen LogP contribution in [0.2, 0.25) is 0 Å². The lowest BCUT2D eigenvalue weighted by atomic mass is 10.1. The molecule has 0 amide bonds. The average Bonchev–Trinajstić information content (AvgIpc) is 3.03. The maximum absolute atomic E-state index is 13.0. The van der Waals surface area contributed by atoms with Crippen LogP contribution in [0.1, 0.15) is 5.56 Å². The molecule has 2 heterocycles. The maximum Gasteiger partial charge on any atom is 0.158 e. The first kappa shape index (κ1) is 11.7. The van der Waals surface area contributed by atoms with Crippen LogP contribution in [-0.4, -0.2) is 27.1 Å². The van der Waals surface area contributed by atoms with Crippen molar-refractivity contribution in [1.29, 1.82) is 0 Å². The Morgan fingerprint density at radius 1 is 1.39 bits per heavy atom.